The van der Waals surface area contributed by atoms with Gasteiger partial charge in [0.05, 0.1) is 16.7 Å². The zero-order chi connectivity index (χ0) is 26.2. The maximum absolute atomic E-state index is 9.78. The minimum Gasteiger partial charge on any atom is -0.381 e. The summed E-state index contributed by atoms with van der Waals surface area (Å²) in [6.07, 6.45) is 11.0. The summed E-state index contributed by atoms with van der Waals surface area (Å²) in [5, 5.41) is 19.1. The van der Waals surface area contributed by atoms with Gasteiger partial charge in [-0.3, -0.25) is 14.6 Å². The first-order valence-electron chi connectivity index (χ1n) is 12.2. The van der Waals surface area contributed by atoms with E-state index in [2.05, 4.69) is 31.1 Å². The summed E-state index contributed by atoms with van der Waals surface area (Å²) in [4.78, 5) is 13.7. The molecule has 0 saturated carbocycles. The number of nitrogens with zero attached hydrogens (tertiary/aromatic N) is 9. The van der Waals surface area contributed by atoms with Crippen molar-refractivity contribution in [1.82, 2.24) is 34.3 Å². The van der Waals surface area contributed by atoms with E-state index >= 15 is 0 Å². The van der Waals surface area contributed by atoms with E-state index in [1.54, 1.807) is 21.6 Å². The number of halogens is 1. The highest BCUT2D eigenvalue weighted by atomic mass is 35.5. The van der Waals surface area contributed by atoms with Crippen molar-refractivity contribution in [2.45, 2.75) is 6.54 Å². The van der Waals surface area contributed by atoms with Crippen molar-refractivity contribution in [2.75, 3.05) is 36.8 Å². The molecule has 11 heteroatoms. The van der Waals surface area contributed by atoms with E-state index < -0.39 is 0 Å². The molecule has 2 N–H and O–H groups in total. The number of nitrogen functional groups attached to an aromatic ring is 1. The van der Waals surface area contributed by atoms with Crippen LogP contribution in [-0.4, -0.2) is 60.4 Å². The Kier molecular flexibility index (Phi) is 6.15. The van der Waals surface area contributed by atoms with Crippen LogP contribution in [0.2, 0.25) is 5.02 Å². The molecule has 1 saturated heterocycles. The molecule has 1 aliphatic rings. The Hall–Kier alpha value is -4.46. The Morgan fingerprint density at radius 3 is 2.53 bits per heavy atom. The summed E-state index contributed by atoms with van der Waals surface area (Å²) in [5.41, 5.74) is 11.8. The lowest BCUT2D eigenvalue weighted by Gasteiger charge is -2.35. The van der Waals surface area contributed by atoms with E-state index in [4.69, 9.17) is 22.3 Å². The van der Waals surface area contributed by atoms with E-state index in [0.717, 1.165) is 66.4 Å². The molecule has 0 bridgehead atoms. The third-order valence-corrected chi connectivity index (χ3v) is 7.03. The first-order chi connectivity index (χ1) is 18.5. The summed E-state index contributed by atoms with van der Waals surface area (Å²) in [6, 6.07) is 10.3. The molecule has 6 heterocycles. The van der Waals surface area contributed by atoms with Crippen molar-refractivity contribution in [1.29, 1.82) is 5.26 Å². The quantitative estimate of drug-likeness (QED) is 0.370. The van der Waals surface area contributed by atoms with E-state index in [0.29, 0.717) is 16.1 Å². The summed E-state index contributed by atoms with van der Waals surface area (Å²) >= 11 is 6.09. The monoisotopic (exact) mass is 524 g/mol. The van der Waals surface area contributed by atoms with Crippen LogP contribution >= 0.6 is 11.6 Å². The van der Waals surface area contributed by atoms with E-state index in [1.807, 2.05) is 56.1 Å². The summed E-state index contributed by atoms with van der Waals surface area (Å²) in [6.45, 7) is 4.42. The van der Waals surface area contributed by atoms with Gasteiger partial charge in [-0.2, -0.15) is 10.4 Å². The number of hydrogen-bond donors (Lipinski definition) is 1. The number of fused-ring (bicyclic) bond motifs is 1. The molecule has 6 rings (SSSR count). The molecule has 0 atom stereocenters. The smallest absolute Gasteiger partial charge is 0.164 e. The number of pyridine rings is 3. The predicted octanol–water partition coefficient (Wildman–Crippen LogP) is 3.62. The molecule has 5 aromatic rings. The molecule has 0 amide bonds. The molecule has 1 aliphatic heterocycles. The van der Waals surface area contributed by atoms with Gasteiger partial charge in [-0.25, -0.2) is 9.50 Å². The summed E-state index contributed by atoms with van der Waals surface area (Å²) in [7, 11) is 1.87. The fraction of sp³-hybridized carbons (Fsp3) is 0.222. The molecule has 0 aliphatic carbocycles. The number of nitriles is 1. The van der Waals surface area contributed by atoms with Gasteiger partial charge < -0.3 is 10.6 Å². The average Bonchev–Trinajstić information content (AvgIpc) is 3.50. The van der Waals surface area contributed by atoms with Crippen molar-refractivity contribution >= 4 is 28.8 Å². The Labute approximate surface area is 224 Å². The molecule has 0 spiro atoms. The first kappa shape index (κ1) is 23.9. The minimum absolute atomic E-state index is 0.202. The second-order valence-corrected chi connectivity index (χ2v) is 9.83. The van der Waals surface area contributed by atoms with Gasteiger partial charge in [0, 0.05) is 93.0 Å². The molecule has 0 radical (unpaired) electrons. The molecule has 1 fully saturated rings. The maximum atomic E-state index is 9.78. The van der Waals surface area contributed by atoms with Crippen molar-refractivity contribution in [3.05, 3.63) is 77.6 Å². The Morgan fingerprint density at radius 1 is 1.00 bits per heavy atom. The summed E-state index contributed by atoms with van der Waals surface area (Å²) in [5.74, 6) is 1.12. The fourth-order valence-electron chi connectivity index (χ4n) is 4.92. The van der Waals surface area contributed by atoms with E-state index in [9.17, 15) is 5.26 Å². The summed E-state index contributed by atoms with van der Waals surface area (Å²) < 4.78 is 3.42. The van der Waals surface area contributed by atoms with Crippen LogP contribution in [0.3, 0.4) is 0 Å². The normalized spacial score (nSPS) is 14.2. The van der Waals surface area contributed by atoms with Gasteiger partial charge in [0.1, 0.15) is 17.5 Å². The van der Waals surface area contributed by atoms with Crippen LogP contribution in [0.15, 0.2) is 61.4 Å². The zero-order valence-electron chi connectivity index (χ0n) is 20.8. The Morgan fingerprint density at radius 2 is 1.84 bits per heavy atom. The average molecular weight is 525 g/mol. The molecular formula is C27H25ClN10. The lowest BCUT2D eigenvalue weighted by molar-refractivity contribution is 0.249. The van der Waals surface area contributed by atoms with Crippen molar-refractivity contribution in [3.8, 4) is 28.3 Å². The van der Waals surface area contributed by atoms with Crippen molar-refractivity contribution in [2.24, 2.45) is 7.05 Å². The number of rotatable bonds is 5. The standard InChI is InChI=1S/C27H25ClN10/c1-35-16-21(13-33-35)20-9-23(26-24(10-29)27(30)34-38(26)17-20)19-2-3-25(32-12-19)37-6-4-36(5-7-37)15-18-8-22(28)14-31-11-18/h2-3,8-9,11-14,16-17H,4-7,15H2,1H3,(H2,30,34). The molecule has 0 aromatic carbocycles. The lowest BCUT2D eigenvalue weighted by Crippen LogP contribution is -2.46. The highest BCUT2D eigenvalue weighted by Crippen LogP contribution is 2.34. The number of nitrogens with two attached hydrogens (primary N) is 1. The maximum Gasteiger partial charge on any atom is 0.164 e. The highest BCUT2D eigenvalue weighted by molar-refractivity contribution is 6.30. The topological polar surface area (TPSA) is 117 Å². The van der Waals surface area contributed by atoms with Crippen LogP contribution in [0, 0.1) is 11.3 Å². The van der Waals surface area contributed by atoms with Gasteiger partial charge in [0.25, 0.3) is 0 Å². The fourth-order valence-corrected chi connectivity index (χ4v) is 5.12. The largest absolute Gasteiger partial charge is 0.381 e. The van der Waals surface area contributed by atoms with Crippen LogP contribution in [0.5, 0.6) is 0 Å². The molecule has 5 aromatic heterocycles. The molecule has 0 unspecified atom stereocenters. The van der Waals surface area contributed by atoms with Gasteiger partial charge in [0.2, 0.25) is 0 Å². The SMILES string of the molecule is Cn1cc(-c2cc(-c3ccc(N4CCN(Cc5cncc(Cl)c5)CC4)nc3)c3c(C#N)c(N)nn3c2)cn1. The second-order valence-electron chi connectivity index (χ2n) is 9.39. The number of anilines is 2. The van der Waals surface area contributed by atoms with Crippen LogP contribution in [-0.2, 0) is 13.6 Å². The highest BCUT2D eigenvalue weighted by Gasteiger charge is 2.20. The van der Waals surface area contributed by atoms with Gasteiger partial charge in [-0.1, -0.05) is 11.6 Å². The minimum atomic E-state index is 0.202. The van der Waals surface area contributed by atoms with Gasteiger partial charge >= 0.3 is 0 Å². The van der Waals surface area contributed by atoms with E-state index in [-0.39, 0.29) is 5.82 Å². The van der Waals surface area contributed by atoms with E-state index in [1.165, 1.54) is 0 Å². The van der Waals surface area contributed by atoms with Crippen LogP contribution in [0.1, 0.15) is 11.1 Å². The van der Waals surface area contributed by atoms with Crippen LogP contribution in [0.4, 0.5) is 11.6 Å². The third kappa shape index (κ3) is 4.53. The van der Waals surface area contributed by atoms with Gasteiger partial charge in [-0.15, -0.1) is 5.10 Å². The number of hydrogen-bond acceptors (Lipinski definition) is 8. The first-order valence-corrected chi connectivity index (χ1v) is 12.6. The zero-order valence-corrected chi connectivity index (χ0v) is 21.5. The van der Waals surface area contributed by atoms with Gasteiger partial charge in [0.15, 0.2) is 5.82 Å². The number of aryl methyl sites for hydroxylation is 1. The number of aromatic nitrogens is 6. The Bertz CT molecular complexity index is 1660. The second kappa shape index (κ2) is 9.78. The predicted molar refractivity (Wildman–Crippen MR) is 146 cm³/mol. The molecular weight excluding hydrogens is 500 g/mol. The van der Waals surface area contributed by atoms with Crippen LogP contribution < -0.4 is 10.6 Å². The van der Waals surface area contributed by atoms with Crippen LogP contribution in [0.25, 0.3) is 27.8 Å². The van der Waals surface area contributed by atoms with Crippen molar-refractivity contribution < 1.29 is 0 Å². The molecule has 10 nitrogen and oxygen atoms in total. The third-order valence-electron chi connectivity index (χ3n) is 6.83. The molecule has 190 valence electrons. The molecule has 38 heavy (non-hydrogen) atoms. The van der Waals surface area contributed by atoms with Crippen molar-refractivity contribution in [3.63, 3.8) is 0 Å². The number of piperazine rings is 1. The van der Waals surface area contributed by atoms with Gasteiger partial charge in [-0.05, 0) is 29.8 Å². The lowest BCUT2D eigenvalue weighted by atomic mass is 10.0. The Balaban J connectivity index is 1.26.